The second-order valence-corrected chi connectivity index (χ2v) is 5.64. The van der Waals surface area contributed by atoms with E-state index in [1.807, 2.05) is 0 Å². The van der Waals surface area contributed by atoms with Crippen LogP contribution >= 0.6 is 0 Å². The molecule has 0 saturated heterocycles. The number of hydrogen-bond donors (Lipinski definition) is 0. The quantitative estimate of drug-likeness (QED) is 0.787. The molecule has 0 spiro atoms. The number of fused-ring (bicyclic) bond motifs is 1. The fourth-order valence-corrected chi connectivity index (χ4v) is 2.83. The van der Waals surface area contributed by atoms with Gasteiger partial charge in [-0.15, -0.1) is 0 Å². The Morgan fingerprint density at radius 1 is 1.29 bits per heavy atom. The van der Waals surface area contributed by atoms with Crippen LogP contribution in [0, 0.1) is 18.3 Å². The van der Waals surface area contributed by atoms with Crippen molar-refractivity contribution in [1.82, 2.24) is 0 Å². The standard InChI is InChI=1S/C11H11NO4S/c1-8-6-9-10(16-4-3-15-9)7-11(8)17(13,14)5-2-12/h6-7H,3-5H2,1H3. The highest BCUT2D eigenvalue weighted by atomic mass is 32.2. The molecule has 0 amide bonds. The lowest BCUT2D eigenvalue weighted by molar-refractivity contribution is 0.171. The summed E-state index contributed by atoms with van der Waals surface area (Å²) in [5, 5.41) is 8.51. The fraction of sp³-hybridized carbons (Fsp3) is 0.364. The molecule has 1 aromatic rings. The van der Waals surface area contributed by atoms with Crippen molar-refractivity contribution in [3.05, 3.63) is 17.7 Å². The van der Waals surface area contributed by atoms with Gasteiger partial charge in [0, 0.05) is 6.07 Å². The molecule has 0 unspecified atom stereocenters. The maximum atomic E-state index is 11.8. The minimum Gasteiger partial charge on any atom is -0.486 e. The molecule has 6 heteroatoms. The molecular formula is C11H11NO4S. The Labute approximate surface area is 99.5 Å². The molecular weight excluding hydrogens is 242 g/mol. The van der Waals surface area contributed by atoms with Crippen LogP contribution in [0.2, 0.25) is 0 Å². The summed E-state index contributed by atoms with van der Waals surface area (Å²) >= 11 is 0. The van der Waals surface area contributed by atoms with E-state index in [1.165, 1.54) is 6.07 Å². The van der Waals surface area contributed by atoms with Gasteiger partial charge in [-0.1, -0.05) is 0 Å². The van der Waals surface area contributed by atoms with Gasteiger partial charge in [0.05, 0.1) is 11.0 Å². The number of sulfone groups is 1. The Kier molecular flexibility index (Phi) is 2.94. The third-order valence-electron chi connectivity index (χ3n) is 2.43. The maximum Gasteiger partial charge on any atom is 0.192 e. The summed E-state index contributed by atoms with van der Waals surface area (Å²) in [5.41, 5.74) is 0.560. The maximum absolute atomic E-state index is 11.8. The van der Waals surface area contributed by atoms with Crippen LogP contribution < -0.4 is 9.47 Å². The van der Waals surface area contributed by atoms with Crippen molar-refractivity contribution < 1.29 is 17.9 Å². The van der Waals surface area contributed by atoms with Gasteiger partial charge in [0.1, 0.15) is 19.0 Å². The van der Waals surface area contributed by atoms with Gasteiger partial charge in [-0.2, -0.15) is 5.26 Å². The molecule has 0 bridgehead atoms. The van der Waals surface area contributed by atoms with Crippen molar-refractivity contribution in [2.75, 3.05) is 19.0 Å². The van der Waals surface area contributed by atoms with Crippen LogP contribution in [-0.4, -0.2) is 27.4 Å². The van der Waals surface area contributed by atoms with Crippen LogP contribution in [0.25, 0.3) is 0 Å². The van der Waals surface area contributed by atoms with Crippen LogP contribution in [0.5, 0.6) is 11.5 Å². The molecule has 17 heavy (non-hydrogen) atoms. The SMILES string of the molecule is Cc1cc2c(cc1S(=O)(=O)CC#N)OCCO2. The van der Waals surface area contributed by atoms with Crippen molar-refractivity contribution in [2.45, 2.75) is 11.8 Å². The highest BCUT2D eigenvalue weighted by Crippen LogP contribution is 2.34. The van der Waals surface area contributed by atoms with Crippen LogP contribution in [-0.2, 0) is 9.84 Å². The number of hydrogen-bond acceptors (Lipinski definition) is 5. The van der Waals surface area contributed by atoms with Gasteiger partial charge in [0.25, 0.3) is 0 Å². The largest absolute Gasteiger partial charge is 0.486 e. The first kappa shape index (κ1) is 11.7. The summed E-state index contributed by atoms with van der Waals surface area (Å²) in [4.78, 5) is 0.128. The van der Waals surface area contributed by atoms with E-state index in [0.29, 0.717) is 30.3 Å². The Balaban J connectivity index is 2.53. The van der Waals surface area contributed by atoms with Gasteiger partial charge in [-0.3, -0.25) is 0 Å². The zero-order valence-electron chi connectivity index (χ0n) is 9.26. The van der Waals surface area contributed by atoms with Crippen molar-refractivity contribution in [1.29, 1.82) is 5.26 Å². The number of ether oxygens (including phenoxy) is 2. The lowest BCUT2D eigenvalue weighted by atomic mass is 10.2. The number of nitrogens with zero attached hydrogens (tertiary/aromatic N) is 1. The summed E-state index contributed by atoms with van der Waals surface area (Å²) < 4.78 is 34.3. The predicted molar refractivity (Wildman–Crippen MR) is 59.8 cm³/mol. The van der Waals surface area contributed by atoms with E-state index in [2.05, 4.69) is 0 Å². The van der Waals surface area contributed by atoms with Gasteiger partial charge in [-0.05, 0) is 18.6 Å². The molecule has 1 heterocycles. The van der Waals surface area contributed by atoms with Gasteiger partial charge in [-0.25, -0.2) is 8.42 Å². The lowest BCUT2D eigenvalue weighted by Gasteiger charge is -2.20. The van der Waals surface area contributed by atoms with Gasteiger partial charge >= 0.3 is 0 Å². The summed E-state index contributed by atoms with van der Waals surface area (Å²) in [7, 11) is -3.57. The Bertz CT molecular complexity index is 586. The molecule has 0 aliphatic carbocycles. The number of rotatable bonds is 2. The summed E-state index contributed by atoms with van der Waals surface area (Å²) in [6.45, 7) is 2.52. The van der Waals surface area contributed by atoms with E-state index in [-0.39, 0.29) is 4.90 Å². The minimum atomic E-state index is -3.57. The number of benzene rings is 1. The molecule has 2 rings (SSSR count). The highest BCUT2D eigenvalue weighted by Gasteiger charge is 2.21. The lowest BCUT2D eigenvalue weighted by Crippen LogP contribution is -2.16. The Morgan fingerprint density at radius 2 is 1.88 bits per heavy atom. The normalized spacial score (nSPS) is 14.1. The van der Waals surface area contributed by atoms with Gasteiger partial charge in [0.15, 0.2) is 21.3 Å². The second-order valence-electron chi connectivity index (χ2n) is 3.68. The average Bonchev–Trinajstić information content (AvgIpc) is 2.27. The van der Waals surface area contributed by atoms with Crippen molar-refractivity contribution in [2.24, 2.45) is 0 Å². The first-order valence-electron chi connectivity index (χ1n) is 5.04. The molecule has 0 fully saturated rings. The molecule has 0 atom stereocenters. The van der Waals surface area contributed by atoms with Gasteiger partial charge in [0.2, 0.25) is 0 Å². The van der Waals surface area contributed by atoms with E-state index >= 15 is 0 Å². The van der Waals surface area contributed by atoms with Crippen molar-refractivity contribution in [3.8, 4) is 17.6 Å². The number of aryl methyl sites for hydroxylation is 1. The van der Waals surface area contributed by atoms with E-state index in [1.54, 1.807) is 19.1 Å². The molecule has 90 valence electrons. The first-order valence-corrected chi connectivity index (χ1v) is 6.70. The molecule has 0 saturated carbocycles. The highest BCUT2D eigenvalue weighted by molar-refractivity contribution is 7.91. The first-order chi connectivity index (χ1) is 8.04. The van der Waals surface area contributed by atoms with E-state index in [0.717, 1.165) is 0 Å². The Morgan fingerprint density at radius 3 is 2.47 bits per heavy atom. The third kappa shape index (κ3) is 2.19. The molecule has 1 aromatic carbocycles. The third-order valence-corrected chi connectivity index (χ3v) is 4.05. The van der Waals surface area contributed by atoms with E-state index < -0.39 is 15.6 Å². The minimum absolute atomic E-state index is 0.128. The van der Waals surface area contributed by atoms with Gasteiger partial charge < -0.3 is 9.47 Å². The van der Waals surface area contributed by atoms with E-state index in [4.69, 9.17) is 14.7 Å². The zero-order chi connectivity index (χ0) is 12.5. The van der Waals surface area contributed by atoms with Crippen molar-refractivity contribution >= 4 is 9.84 Å². The smallest absolute Gasteiger partial charge is 0.192 e. The molecule has 5 nitrogen and oxygen atoms in total. The van der Waals surface area contributed by atoms with Crippen molar-refractivity contribution in [3.63, 3.8) is 0 Å². The summed E-state index contributed by atoms with van der Waals surface area (Å²) in [6, 6.07) is 4.70. The van der Waals surface area contributed by atoms with Crippen LogP contribution in [0.15, 0.2) is 17.0 Å². The monoisotopic (exact) mass is 253 g/mol. The van der Waals surface area contributed by atoms with Crippen LogP contribution in [0.4, 0.5) is 0 Å². The molecule has 1 aliphatic heterocycles. The Hall–Kier alpha value is -1.74. The average molecular weight is 253 g/mol. The summed E-state index contributed by atoms with van der Waals surface area (Å²) in [5.74, 6) is 0.427. The molecule has 0 N–H and O–H groups in total. The fourth-order valence-electron chi connectivity index (χ4n) is 1.67. The molecule has 0 aromatic heterocycles. The topological polar surface area (TPSA) is 76.4 Å². The van der Waals surface area contributed by atoms with Crippen LogP contribution in [0.3, 0.4) is 0 Å². The zero-order valence-corrected chi connectivity index (χ0v) is 10.1. The molecule has 0 radical (unpaired) electrons. The summed E-state index contributed by atoms with van der Waals surface area (Å²) in [6.07, 6.45) is 0. The predicted octanol–water partition coefficient (Wildman–Crippen LogP) is 1.06. The number of nitriles is 1. The van der Waals surface area contributed by atoms with Crippen LogP contribution in [0.1, 0.15) is 5.56 Å². The van der Waals surface area contributed by atoms with E-state index in [9.17, 15) is 8.42 Å². The molecule has 1 aliphatic rings. The second kappa shape index (κ2) is 4.26.